The topological polar surface area (TPSA) is 26.0 Å². The van der Waals surface area contributed by atoms with E-state index in [4.69, 9.17) is 17.3 Å². The number of hydrogen-bond acceptors (Lipinski definition) is 1. The first-order valence-corrected chi connectivity index (χ1v) is 4.55. The third kappa shape index (κ3) is 2.18. The molecule has 74 valence electrons. The Labute approximate surface area is 94.3 Å². The van der Waals surface area contributed by atoms with Gasteiger partial charge in [-0.3, -0.25) is 0 Å². The summed E-state index contributed by atoms with van der Waals surface area (Å²) in [5.41, 5.74) is 6.68. The molecule has 0 aliphatic heterocycles. The molecule has 0 spiro atoms. The van der Waals surface area contributed by atoms with E-state index in [2.05, 4.69) is 12.1 Å². The van der Waals surface area contributed by atoms with Crippen molar-refractivity contribution in [2.45, 2.75) is 6.54 Å². The predicted octanol–water partition coefficient (Wildman–Crippen LogP) is 3.37. The highest BCUT2D eigenvalue weighted by atomic mass is 35.5. The summed E-state index contributed by atoms with van der Waals surface area (Å²) in [7, 11) is 0. The first kappa shape index (κ1) is 11.3. The van der Waals surface area contributed by atoms with E-state index < -0.39 is 0 Å². The lowest BCUT2D eigenvalue weighted by Crippen LogP contribution is -1.95. The van der Waals surface area contributed by atoms with E-state index in [1.807, 2.05) is 24.3 Å². The van der Waals surface area contributed by atoms with Crippen molar-refractivity contribution in [2.24, 2.45) is 5.73 Å². The van der Waals surface area contributed by atoms with Crippen molar-refractivity contribution in [3.05, 3.63) is 47.0 Å². The Kier molecular flexibility index (Phi) is 3.76. The maximum absolute atomic E-state index is 5.88. The van der Waals surface area contributed by atoms with Crippen LogP contribution in [0.3, 0.4) is 0 Å². The molecular formula is C11H11Cl2N. The van der Waals surface area contributed by atoms with Gasteiger partial charge >= 0.3 is 0 Å². The summed E-state index contributed by atoms with van der Waals surface area (Å²) in [4.78, 5) is 0. The molecule has 0 saturated heterocycles. The van der Waals surface area contributed by atoms with E-state index in [1.54, 1.807) is 0 Å². The van der Waals surface area contributed by atoms with Gasteiger partial charge in [-0.1, -0.05) is 29.8 Å². The molecule has 0 atom stereocenters. The monoisotopic (exact) mass is 227 g/mol. The fourth-order valence-corrected chi connectivity index (χ4v) is 1.57. The van der Waals surface area contributed by atoms with Crippen LogP contribution in [0, 0.1) is 0 Å². The lowest BCUT2D eigenvalue weighted by molar-refractivity contribution is 1.08. The quantitative estimate of drug-likeness (QED) is 0.795. The summed E-state index contributed by atoms with van der Waals surface area (Å²) < 4.78 is 0. The van der Waals surface area contributed by atoms with Gasteiger partial charge in [0.15, 0.2) is 0 Å². The molecule has 1 nitrogen and oxygen atoms in total. The average molecular weight is 228 g/mol. The second-order valence-corrected chi connectivity index (χ2v) is 3.47. The van der Waals surface area contributed by atoms with Crippen LogP contribution in [0.1, 0.15) is 5.56 Å². The molecule has 0 radical (unpaired) electrons. The lowest BCUT2D eigenvalue weighted by Gasteiger charge is -2.01. The van der Waals surface area contributed by atoms with Gasteiger partial charge in [0.05, 0.1) is 0 Å². The summed E-state index contributed by atoms with van der Waals surface area (Å²) in [6, 6.07) is 12.0. The van der Waals surface area contributed by atoms with Crippen molar-refractivity contribution >= 4 is 34.8 Å². The minimum atomic E-state index is 0. The first-order chi connectivity index (χ1) is 6.29. The van der Waals surface area contributed by atoms with E-state index in [9.17, 15) is 0 Å². The second-order valence-electron chi connectivity index (χ2n) is 3.03. The number of hydrogen-bond donors (Lipinski definition) is 1. The molecule has 0 heterocycles. The second kappa shape index (κ2) is 4.65. The standard InChI is InChI=1S/C11H10ClN.ClH/c12-11-4-3-9-2-1-8(7-13)5-10(9)6-11;/h1-6H,7,13H2;1H. The summed E-state index contributed by atoms with van der Waals surface area (Å²) in [5.74, 6) is 0. The third-order valence-corrected chi connectivity index (χ3v) is 2.34. The molecule has 0 aliphatic rings. The van der Waals surface area contributed by atoms with Crippen molar-refractivity contribution in [1.29, 1.82) is 0 Å². The van der Waals surface area contributed by atoms with Crippen LogP contribution in [0.25, 0.3) is 10.8 Å². The van der Waals surface area contributed by atoms with Crippen LogP contribution in [0.5, 0.6) is 0 Å². The molecule has 14 heavy (non-hydrogen) atoms. The van der Waals surface area contributed by atoms with Crippen LogP contribution in [-0.4, -0.2) is 0 Å². The van der Waals surface area contributed by atoms with E-state index in [1.165, 1.54) is 5.39 Å². The van der Waals surface area contributed by atoms with E-state index in [0.717, 1.165) is 16.0 Å². The smallest absolute Gasteiger partial charge is 0.0412 e. The molecule has 0 fully saturated rings. The zero-order chi connectivity index (χ0) is 9.26. The van der Waals surface area contributed by atoms with Crippen LogP contribution in [0.4, 0.5) is 0 Å². The Balaban J connectivity index is 0.000000980. The van der Waals surface area contributed by atoms with Crippen molar-refractivity contribution < 1.29 is 0 Å². The molecule has 0 unspecified atom stereocenters. The normalized spacial score (nSPS) is 9.86. The largest absolute Gasteiger partial charge is 0.326 e. The summed E-state index contributed by atoms with van der Waals surface area (Å²) in [5, 5.41) is 3.11. The predicted molar refractivity (Wildman–Crippen MR) is 64.1 cm³/mol. The van der Waals surface area contributed by atoms with Crippen LogP contribution in [0.15, 0.2) is 36.4 Å². The SMILES string of the molecule is Cl.NCc1ccc2ccc(Cl)cc2c1. The lowest BCUT2D eigenvalue weighted by atomic mass is 10.1. The molecule has 0 aromatic heterocycles. The van der Waals surface area contributed by atoms with Gasteiger partial charge in [-0.25, -0.2) is 0 Å². The van der Waals surface area contributed by atoms with Gasteiger partial charge in [0.2, 0.25) is 0 Å². The maximum atomic E-state index is 5.88. The van der Waals surface area contributed by atoms with Crippen molar-refractivity contribution in [3.8, 4) is 0 Å². The Bertz CT molecular complexity index is 440. The van der Waals surface area contributed by atoms with Gasteiger partial charge in [-0.05, 0) is 34.5 Å². The van der Waals surface area contributed by atoms with Gasteiger partial charge in [-0.15, -0.1) is 12.4 Å². The Hall–Kier alpha value is -0.760. The fourth-order valence-electron chi connectivity index (χ4n) is 1.39. The van der Waals surface area contributed by atoms with Crippen molar-refractivity contribution in [3.63, 3.8) is 0 Å². The van der Waals surface area contributed by atoms with Crippen LogP contribution in [0.2, 0.25) is 5.02 Å². The Morgan fingerprint density at radius 3 is 2.43 bits per heavy atom. The van der Waals surface area contributed by atoms with Crippen molar-refractivity contribution in [1.82, 2.24) is 0 Å². The number of halogens is 2. The minimum Gasteiger partial charge on any atom is -0.326 e. The molecular weight excluding hydrogens is 217 g/mol. The molecule has 0 aliphatic carbocycles. The number of fused-ring (bicyclic) bond motifs is 1. The molecule has 2 aromatic carbocycles. The number of nitrogens with two attached hydrogens (primary N) is 1. The van der Waals surface area contributed by atoms with Gasteiger partial charge in [0, 0.05) is 11.6 Å². The van der Waals surface area contributed by atoms with Crippen LogP contribution in [-0.2, 0) is 6.54 Å². The molecule has 2 aromatic rings. The zero-order valence-corrected chi connectivity index (χ0v) is 9.11. The van der Waals surface area contributed by atoms with Gasteiger partial charge in [0.1, 0.15) is 0 Å². The van der Waals surface area contributed by atoms with E-state index in [0.29, 0.717) is 6.54 Å². The Morgan fingerprint density at radius 1 is 1.00 bits per heavy atom. The van der Waals surface area contributed by atoms with Crippen LogP contribution >= 0.6 is 24.0 Å². The molecule has 0 saturated carbocycles. The highest BCUT2D eigenvalue weighted by Crippen LogP contribution is 2.20. The fraction of sp³-hybridized carbons (Fsp3) is 0.0909. The molecule has 0 amide bonds. The average Bonchev–Trinajstić information content (AvgIpc) is 2.16. The third-order valence-electron chi connectivity index (χ3n) is 2.10. The summed E-state index contributed by atoms with van der Waals surface area (Å²) in [6.45, 7) is 0.572. The van der Waals surface area contributed by atoms with Crippen LogP contribution < -0.4 is 5.73 Å². The minimum absolute atomic E-state index is 0. The maximum Gasteiger partial charge on any atom is 0.0412 e. The van der Waals surface area contributed by atoms with E-state index >= 15 is 0 Å². The summed E-state index contributed by atoms with van der Waals surface area (Å²) >= 11 is 5.88. The van der Waals surface area contributed by atoms with Crippen molar-refractivity contribution in [2.75, 3.05) is 0 Å². The Morgan fingerprint density at radius 2 is 1.71 bits per heavy atom. The highest BCUT2D eigenvalue weighted by molar-refractivity contribution is 6.31. The first-order valence-electron chi connectivity index (χ1n) is 4.18. The molecule has 2 rings (SSSR count). The molecule has 3 heteroatoms. The summed E-state index contributed by atoms with van der Waals surface area (Å²) in [6.07, 6.45) is 0. The van der Waals surface area contributed by atoms with Gasteiger partial charge in [0.25, 0.3) is 0 Å². The van der Waals surface area contributed by atoms with Gasteiger partial charge in [-0.2, -0.15) is 0 Å². The van der Waals surface area contributed by atoms with E-state index in [-0.39, 0.29) is 12.4 Å². The van der Waals surface area contributed by atoms with Gasteiger partial charge < -0.3 is 5.73 Å². The molecule has 0 bridgehead atoms. The number of benzene rings is 2. The molecule has 2 N–H and O–H groups in total. The highest BCUT2D eigenvalue weighted by Gasteiger charge is 1.95. The zero-order valence-electron chi connectivity index (χ0n) is 7.53. The number of rotatable bonds is 1.